The molecule has 8 atom stereocenters. The lowest BCUT2D eigenvalue weighted by Crippen LogP contribution is -2.64. The normalized spacial score (nSPS) is 21.8. The van der Waals surface area contributed by atoms with Crippen molar-refractivity contribution in [2.24, 2.45) is 0 Å². The van der Waals surface area contributed by atoms with E-state index in [9.17, 15) is 48.8 Å². The molecule has 0 saturated heterocycles. The van der Waals surface area contributed by atoms with E-state index in [-0.39, 0.29) is 12.8 Å². The fourth-order valence-corrected chi connectivity index (χ4v) is 9.16. The maximum absolute atomic E-state index is 13.0. The van der Waals surface area contributed by atoms with Crippen LogP contribution in [-0.2, 0) is 46.6 Å². The summed E-state index contributed by atoms with van der Waals surface area (Å²) in [6.45, 7) is 2.89. The molecule has 0 bridgehead atoms. The zero-order valence-corrected chi connectivity index (χ0v) is 40.1. The van der Waals surface area contributed by atoms with Crippen LogP contribution in [0.25, 0.3) is 0 Å². The zero-order chi connectivity index (χ0) is 46.9. The Morgan fingerprint density at radius 2 is 0.857 bits per heavy atom. The highest BCUT2D eigenvalue weighted by Crippen LogP contribution is 2.49. The zero-order valence-electron chi connectivity index (χ0n) is 38.3. The molecule has 0 spiro atoms. The molecule has 63 heavy (non-hydrogen) atoms. The summed E-state index contributed by atoms with van der Waals surface area (Å²) < 4.78 is 49.3. The largest absolute Gasteiger partial charge is 0.472 e. The first-order valence-electron chi connectivity index (χ1n) is 24.0. The first-order chi connectivity index (χ1) is 30.0. The lowest BCUT2D eigenvalue weighted by atomic mass is 9.85. The van der Waals surface area contributed by atoms with Crippen LogP contribution in [0.15, 0.2) is 0 Å². The van der Waals surface area contributed by atoms with Gasteiger partial charge in [0.25, 0.3) is 0 Å². The summed E-state index contributed by atoms with van der Waals surface area (Å²) in [4.78, 5) is 65.8. The molecule has 1 aliphatic carbocycles. The summed E-state index contributed by atoms with van der Waals surface area (Å²) >= 11 is 0. The number of carbonyl (C=O) groups is 3. The molecule has 1 rings (SSSR count). The smallest absolute Gasteiger partial charge is 0.462 e. The Labute approximate surface area is 376 Å². The molecule has 17 nitrogen and oxygen atoms in total. The standard InChI is InChI=1S/C44H84O17P2/c1-3-5-6-7-8-9-10-11-16-19-22-25-28-32-38(47)59-36(34-58-63(55,56)61-44-41(50)39(48)40(49)43(42(44)51)60-62(52,53)54)33-57-37(46)31-27-24-21-18-15-13-12-14-17-20-23-26-30-35(45)29-4-2/h36,39-44,48-51H,3-34H2,1-2H3,(H,55,56)(H2,52,53,54)/t36-,39+,40?,41?,42-,43-,44?/m1/s1. The van der Waals surface area contributed by atoms with E-state index in [4.69, 9.17) is 28.3 Å². The van der Waals surface area contributed by atoms with Crippen LogP contribution in [0, 0.1) is 0 Å². The van der Waals surface area contributed by atoms with Gasteiger partial charge in [-0.05, 0) is 25.7 Å². The second-order valence-electron chi connectivity index (χ2n) is 17.2. The number of rotatable bonds is 41. The van der Waals surface area contributed by atoms with Gasteiger partial charge in [0.15, 0.2) is 6.10 Å². The van der Waals surface area contributed by atoms with Crippen LogP contribution in [0.3, 0.4) is 0 Å². The van der Waals surface area contributed by atoms with Crippen LogP contribution in [-0.4, -0.2) is 109 Å². The van der Waals surface area contributed by atoms with Crippen molar-refractivity contribution in [3.8, 4) is 0 Å². The Kier molecular flexibility index (Phi) is 33.9. The van der Waals surface area contributed by atoms with Gasteiger partial charge < -0.3 is 44.6 Å². The Bertz CT molecular complexity index is 1300. The quantitative estimate of drug-likeness (QED) is 0.0173. The predicted octanol–water partition coefficient (Wildman–Crippen LogP) is 8.19. The summed E-state index contributed by atoms with van der Waals surface area (Å²) in [7, 11) is -10.7. The van der Waals surface area contributed by atoms with E-state index in [0.29, 0.717) is 31.5 Å². The minimum Gasteiger partial charge on any atom is -0.462 e. The summed E-state index contributed by atoms with van der Waals surface area (Å²) in [5, 5.41) is 41.2. The molecule has 0 aromatic rings. The van der Waals surface area contributed by atoms with Gasteiger partial charge in [-0.1, -0.05) is 155 Å². The van der Waals surface area contributed by atoms with Crippen LogP contribution in [0.5, 0.6) is 0 Å². The van der Waals surface area contributed by atoms with Crippen molar-refractivity contribution in [3.05, 3.63) is 0 Å². The number of hydrogen-bond acceptors (Lipinski definition) is 14. The monoisotopic (exact) mass is 947 g/mol. The highest BCUT2D eigenvalue weighted by Gasteiger charge is 2.54. The minimum atomic E-state index is -5.36. The van der Waals surface area contributed by atoms with Gasteiger partial charge in [0.2, 0.25) is 0 Å². The van der Waals surface area contributed by atoms with Crippen molar-refractivity contribution < 1.29 is 81.7 Å². The molecule has 0 amide bonds. The number of phosphoric ester groups is 2. The van der Waals surface area contributed by atoms with E-state index >= 15 is 0 Å². The molecular weight excluding hydrogens is 862 g/mol. The maximum Gasteiger partial charge on any atom is 0.472 e. The number of phosphoric acid groups is 2. The van der Waals surface area contributed by atoms with Gasteiger partial charge in [0, 0.05) is 25.7 Å². The first-order valence-corrected chi connectivity index (χ1v) is 27.0. The lowest BCUT2D eigenvalue weighted by Gasteiger charge is -2.43. The van der Waals surface area contributed by atoms with Gasteiger partial charge in [0.1, 0.15) is 49.0 Å². The van der Waals surface area contributed by atoms with E-state index in [0.717, 1.165) is 77.0 Å². The van der Waals surface area contributed by atoms with Crippen molar-refractivity contribution in [2.75, 3.05) is 13.2 Å². The second kappa shape index (κ2) is 35.8. The number of aliphatic hydroxyl groups excluding tert-OH is 4. The van der Waals surface area contributed by atoms with E-state index in [1.165, 1.54) is 77.0 Å². The number of ketones is 1. The van der Waals surface area contributed by atoms with Crippen molar-refractivity contribution in [1.82, 2.24) is 0 Å². The average Bonchev–Trinajstić information content (AvgIpc) is 3.23. The molecule has 1 aliphatic rings. The van der Waals surface area contributed by atoms with Crippen LogP contribution in [0.2, 0.25) is 0 Å². The second-order valence-corrected chi connectivity index (χ2v) is 19.8. The molecule has 0 radical (unpaired) electrons. The van der Waals surface area contributed by atoms with E-state index in [1.54, 1.807) is 0 Å². The van der Waals surface area contributed by atoms with Crippen LogP contribution < -0.4 is 0 Å². The number of Topliss-reactive ketones (excluding diaryl/α,β-unsaturated/α-hetero) is 1. The first kappa shape index (κ1) is 59.7. The number of hydrogen-bond donors (Lipinski definition) is 7. The van der Waals surface area contributed by atoms with E-state index < -0.39 is 83.5 Å². The molecule has 0 aromatic heterocycles. The number of ether oxygens (including phenoxy) is 2. The van der Waals surface area contributed by atoms with E-state index in [1.807, 2.05) is 6.92 Å². The summed E-state index contributed by atoms with van der Waals surface area (Å²) in [5.74, 6) is -0.850. The molecule has 372 valence electrons. The average molecular weight is 947 g/mol. The Morgan fingerprint density at radius 1 is 0.460 bits per heavy atom. The number of carbonyl (C=O) groups excluding carboxylic acids is 3. The Hall–Kier alpha value is -1.33. The molecule has 0 aromatic carbocycles. The van der Waals surface area contributed by atoms with Gasteiger partial charge in [-0.15, -0.1) is 0 Å². The fraction of sp³-hybridized carbons (Fsp3) is 0.932. The third kappa shape index (κ3) is 30.6. The third-order valence-corrected chi connectivity index (χ3v) is 12.8. The topological polar surface area (TPSA) is 273 Å². The van der Waals surface area contributed by atoms with Gasteiger partial charge in [-0.2, -0.15) is 0 Å². The third-order valence-electron chi connectivity index (χ3n) is 11.3. The molecule has 19 heteroatoms. The van der Waals surface area contributed by atoms with Crippen molar-refractivity contribution in [3.63, 3.8) is 0 Å². The molecule has 0 aliphatic heterocycles. The SMILES string of the molecule is CCCCCCCCCCCCCCCC(=O)O[C@H](COC(=O)CCCCCCCCCCCCCCC(=O)CCC)COP(=O)(O)OC1C(O)[C@@H](O)C(O)[C@@H](OP(=O)(O)O)[C@H]1O. The van der Waals surface area contributed by atoms with Gasteiger partial charge in [-0.3, -0.25) is 28.0 Å². The maximum atomic E-state index is 13.0. The summed E-state index contributed by atoms with van der Waals surface area (Å²) in [6.07, 6.45) is 14.7. The van der Waals surface area contributed by atoms with Crippen LogP contribution in [0.1, 0.15) is 206 Å². The van der Waals surface area contributed by atoms with Crippen LogP contribution in [0.4, 0.5) is 0 Å². The summed E-state index contributed by atoms with van der Waals surface area (Å²) in [6, 6.07) is 0. The van der Waals surface area contributed by atoms with Gasteiger partial charge in [0.05, 0.1) is 6.61 Å². The lowest BCUT2D eigenvalue weighted by molar-refractivity contribution is -0.216. The van der Waals surface area contributed by atoms with E-state index in [2.05, 4.69) is 11.4 Å². The number of unbranched alkanes of at least 4 members (excludes halogenated alkanes) is 23. The van der Waals surface area contributed by atoms with Gasteiger partial charge in [-0.25, -0.2) is 9.13 Å². The fourth-order valence-electron chi connectivity index (χ4n) is 7.62. The Morgan fingerprint density at radius 3 is 1.29 bits per heavy atom. The van der Waals surface area contributed by atoms with Crippen molar-refractivity contribution >= 4 is 33.4 Å². The van der Waals surface area contributed by atoms with Crippen LogP contribution >= 0.6 is 15.6 Å². The molecule has 0 heterocycles. The Balaban J connectivity index is 2.56. The highest BCUT2D eigenvalue weighted by atomic mass is 31.2. The molecule has 1 fully saturated rings. The van der Waals surface area contributed by atoms with Crippen molar-refractivity contribution in [1.29, 1.82) is 0 Å². The molecular formula is C44H84O17P2. The highest BCUT2D eigenvalue weighted by molar-refractivity contribution is 7.47. The number of aliphatic hydroxyl groups is 4. The molecule has 7 N–H and O–H groups in total. The van der Waals surface area contributed by atoms with Crippen molar-refractivity contribution in [2.45, 2.75) is 249 Å². The molecule has 4 unspecified atom stereocenters. The van der Waals surface area contributed by atoms with Gasteiger partial charge >= 0.3 is 27.6 Å². The molecule has 1 saturated carbocycles. The summed E-state index contributed by atoms with van der Waals surface area (Å²) in [5.41, 5.74) is 0. The number of esters is 2. The minimum absolute atomic E-state index is 0.0412. The predicted molar refractivity (Wildman–Crippen MR) is 237 cm³/mol.